The highest BCUT2D eigenvalue weighted by Crippen LogP contribution is 2.45. The summed E-state index contributed by atoms with van der Waals surface area (Å²) in [6, 6.07) is 16.5. The Kier molecular flexibility index (Phi) is 5.33. The summed E-state index contributed by atoms with van der Waals surface area (Å²) in [6.07, 6.45) is 2.57. The van der Waals surface area contributed by atoms with E-state index in [1.807, 2.05) is 30.3 Å². The summed E-state index contributed by atoms with van der Waals surface area (Å²) in [5.74, 6) is 0.0971. The molecule has 1 aliphatic rings. The van der Waals surface area contributed by atoms with Crippen LogP contribution in [0.25, 0.3) is 0 Å². The minimum atomic E-state index is -1.33. The summed E-state index contributed by atoms with van der Waals surface area (Å²) >= 11 is 0. The van der Waals surface area contributed by atoms with E-state index in [2.05, 4.69) is 29.5 Å². The van der Waals surface area contributed by atoms with Gasteiger partial charge in [-0.05, 0) is 65.4 Å². The molecule has 1 amide bonds. The number of carbonyl (C=O) groups is 2. The first kappa shape index (κ1) is 20.4. The third kappa shape index (κ3) is 4.50. The van der Waals surface area contributed by atoms with Crippen LogP contribution in [0, 0.1) is 5.41 Å². The average molecular weight is 417 g/mol. The first-order valence-corrected chi connectivity index (χ1v) is 9.93. The van der Waals surface area contributed by atoms with Gasteiger partial charge < -0.3 is 20.5 Å². The molecule has 7 heteroatoms. The monoisotopic (exact) mass is 417 g/mol. The molecule has 0 aliphatic carbocycles. The van der Waals surface area contributed by atoms with Gasteiger partial charge in [-0.3, -0.25) is 9.78 Å². The molecule has 1 atom stereocenters. The van der Waals surface area contributed by atoms with E-state index < -0.39 is 6.16 Å². The Morgan fingerprint density at radius 1 is 1.16 bits per heavy atom. The fraction of sp³-hybridized carbons (Fsp3) is 0.208. The van der Waals surface area contributed by atoms with Gasteiger partial charge >= 0.3 is 6.16 Å². The molecule has 0 fully saturated rings. The lowest BCUT2D eigenvalue weighted by molar-refractivity contribution is 0.102. The maximum atomic E-state index is 12.5. The van der Waals surface area contributed by atoms with Crippen LogP contribution in [0.1, 0.15) is 41.4 Å². The van der Waals surface area contributed by atoms with Crippen molar-refractivity contribution in [2.45, 2.75) is 26.3 Å². The Morgan fingerprint density at radius 3 is 2.74 bits per heavy atom. The number of hydrogen-bond acceptors (Lipinski definition) is 5. The molecule has 31 heavy (non-hydrogen) atoms. The first-order chi connectivity index (χ1) is 14.8. The summed E-state index contributed by atoms with van der Waals surface area (Å²) in [4.78, 5) is 27.3. The van der Waals surface area contributed by atoms with E-state index in [0.717, 1.165) is 23.2 Å². The Morgan fingerprint density at radius 2 is 2.00 bits per heavy atom. The molecule has 0 radical (unpaired) electrons. The van der Waals surface area contributed by atoms with E-state index in [-0.39, 0.29) is 17.4 Å². The van der Waals surface area contributed by atoms with Crippen LogP contribution in [0.5, 0.6) is 5.75 Å². The Balaban J connectivity index is 1.57. The van der Waals surface area contributed by atoms with Crippen LogP contribution >= 0.6 is 0 Å². The van der Waals surface area contributed by atoms with Gasteiger partial charge in [0.25, 0.3) is 5.91 Å². The lowest BCUT2D eigenvalue weighted by atomic mass is 9.73. The molecule has 0 saturated heterocycles. The van der Waals surface area contributed by atoms with Gasteiger partial charge in [0.2, 0.25) is 0 Å². The molecular formula is C24H23N3O4. The lowest BCUT2D eigenvalue weighted by Crippen LogP contribution is -2.35. The van der Waals surface area contributed by atoms with Gasteiger partial charge in [0.1, 0.15) is 5.75 Å². The SMILES string of the molecule is CC1(C)Cc2cc(OC(=O)O)ccc2NC1c1cccc(NC(=O)c2cccnc2)c1. The van der Waals surface area contributed by atoms with Crippen LogP contribution in [0.15, 0.2) is 67.0 Å². The molecule has 158 valence electrons. The number of carboxylic acid groups (broad SMARTS) is 1. The van der Waals surface area contributed by atoms with Crippen molar-refractivity contribution >= 4 is 23.4 Å². The molecule has 0 spiro atoms. The van der Waals surface area contributed by atoms with Crippen molar-refractivity contribution < 1.29 is 19.4 Å². The number of anilines is 2. The number of rotatable bonds is 4. The highest BCUT2D eigenvalue weighted by molar-refractivity contribution is 6.04. The highest BCUT2D eigenvalue weighted by Gasteiger charge is 2.36. The van der Waals surface area contributed by atoms with E-state index in [1.54, 1.807) is 30.5 Å². The van der Waals surface area contributed by atoms with Gasteiger partial charge in [-0.2, -0.15) is 0 Å². The molecule has 1 unspecified atom stereocenters. The van der Waals surface area contributed by atoms with Crippen LogP contribution < -0.4 is 15.4 Å². The van der Waals surface area contributed by atoms with Crippen LogP contribution in [-0.4, -0.2) is 22.2 Å². The number of nitrogens with one attached hydrogen (secondary N) is 2. The molecule has 3 N–H and O–H groups in total. The van der Waals surface area contributed by atoms with Gasteiger partial charge in [0.15, 0.2) is 0 Å². The number of pyridine rings is 1. The minimum absolute atomic E-state index is 0.00138. The van der Waals surface area contributed by atoms with Crippen molar-refractivity contribution in [2.75, 3.05) is 10.6 Å². The quantitative estimate of drug-likeness (QED) is 0.402. The van der Waals surface area contributed by atoms with Crippen molar-refractivity contribution in [3.63, 3.8) is 0 Å². The van der Waals surface area contributed by atoms with E-state index in [9.17, 15) is 9.59 Å². The maximum Gasteiger partial charge on any atom is 0.511 e. The van der Waals surface area contributed by atoms with Crippen molar-refractivity contribution in [1.82, 2.24) is 4.98 Å². The van der Waals surface area contributed by atoms with Gasteiger partial charge in [-0.1, -0.05) is 26.0 Å². The largest absolute Gasteiger partial charge is 0.511 e. The predicted octanol–water partition coefficient (Wildman–Crippen LogP) is 5.13. The normalized spacial score (nSPS) is 16.5. The average Bonchev–Trinajstić information content (AvgIpc) is 2.73. The van der Waals surface area contributed by atoms with Crippen molar-refractivity contribution in [3.8, 4) is 5.75 Å². The highest BCUT2D eigenvalue weighted by atomic mass is 16.7. The summed E-state index contributed by atoms with van der Waals surface area (Å²) in [7, 11) is 0. The fourth-order valence-electron chi connectivity index (χ4n) is 4.00. The lowest BCUT2D eigenvalue weighted by Gasteiger charge is -2.41. The Hall–Kier alpha value is -3.87. The number of benzene rings is 2. The standard InChI is InChI=1S/C24H23N3O4/c1-24(2)13-17-12-19(31-23(29)30)8-9-20(17)27-21(24)15-5-3-7-18(11-15)26-22(28)16-6-4-10-25-14-16/h3-12,14,21,27H,13H2,1-2H3,(H,26,28)(H,29,30). The molecule has 3 aromatic rings. The molecule has 4 rings (SSSR count). The number of carbonyl (C=O) groups excluding carboxylic acids is 1. The van der Waals surface area contributed by atoms with Crippen LogP contribution in [0.4, 0.5) is 16.2 Å². The molecule has 0 bridgehead atoms. The molecule has 0 saturated carbocycles. The first-order valence-electron chi connectivity index (χ1n) is 9.93. The second-order valence-electron chi connectivity index (χ2n) is 8.25. The number of aromatic nitrogens is 1. The minimum Gasteiger partial charge on any atom is -0.449 e. The molecule has 1 aromatic heterocycles. The molecule has 1 aliphatic heterocycles. The van der Waals surface area contributed by atoms with E-state index in [1.165, 1.54) is 6.20 Å². The number of nitrogens with zero attached hydrogens (tertiary/aromatic N) is 1. The zero-order valence-electron chi connectivity index (χ0n) is 17.3. The molecule has 2 aromatic carbocycles. The molecule has 7 nitrogen and oxygen atoms in total. The molecular weight excluding hydrogens is 394 g/mol. The summed E-state index contributed by atoms with van der Waals surface area (Å²) in [5.41, 5.74) is 4.02. The van der Waals surface area contributed by atoms with E-state index in [4.69, 9.17) is 9.84 Å². The smallest absolute Gasteiger partial charge is 0.449 e. The predicted molar refractivity (Wildman–Crippen MR) is 118 cm³/mol. The number of amides is 1. The van der Waals surface area contributed by atoms with Gasteiger partial charge in [0, 0.05) is 23.8 Å². The van der Waals surface area contributed by atoms with E-state index >= 15 is 0 Å². The third-order valence-corrected chi connectivity index (χ3v) is 5.41. The number of ether oxygens (including phenoxy) is 1. The Bertz CT molecular complexity index is 1130. The van der Waals surface area contributed by atoms with E-state index in [0.29, 0.717) is 17.0 Å². The van der Waals surface area contributed by atoms with Crippen molar-refractivity contribution in [2.24, 2.45) is 5.41 Å². The number of hydrogen-bond donors (Lipinski definition) is 3. The maximum absolute atomic E-state index is 12.5. The summed E-state index contributed by atoms with van der Waals surface area (Å²) in [6.45, 7) is 4.30. The van der Waals surface area contributed by atoms with Gasteiger partial charge in [-0.15, -0.1) is 0 Å². The van der Waals surface area contributed by atoms with Crippen molar-refractivity contribution in [1.29, 1.82) is 0 Å². The zero-order chi connectivity index (χ0) is 22.0. The summed E-state index contributed by atoms with van der Waals surface area (Å²) < 4.78 is 4.79. The van der Waals surface area contributed by atoms with Crippen LogP contribution in [0.3, 0.4) is 0 Å². The zero-order valence-corrected chi connectivity index (χ0v) is 17.3. The van der Waals surface area contributed by atoms with Crippen LogP contribution in [0.2, 0.25) is 0 Å². The Labute approximate surface area is 180 Å². The molecule has 2 heterocycles. The van der Waals surface area contributed by atoms with Crippen molar-refractivity contribution in [3.05, 3.63) is 83.7 Å². The summed E-state index contributed by atoms with van der Waals surface area (Å²) in [5, 5.41) is 15.4. The topological polar surface area (TPSA) is 101 Å². The third-order valence-electron chi connectivity index (χ3n) is 5.41. The van der Waals surface area contributed by atoms with Crippen LogP contribution in [-0.2, 0) is 6.42 Å². The number of fused-ring (bicyclic) bond motifs is 1. The second-order valence-corrected chi connectivity index (χ2v) is 8.25. The second kappa shape index (κ2) is 8.10. The van der Waals surface area contributed by atoms with Gasteiger partial charge in [-0.25, -0.2) is 4.79 Å². The fourth-order valence-corrected chi connectivity index (χ4v) is 4.00. The van der Waals surface area contributed by atoms with Gasteiger partial charge in [0.05, 0.1) is 11.6 Å².